The van der Waals surface area contributed by atoms with E-state index in [2.05, 4.69) is 0 Å². The van der Waals surface area contributed by atoms with E-state index in [1.54, 1.807) is 23.1 Å². The summed E-state index contributed by atoms with van der Waals surface area (Å²) < 4.78 is 5.34. The van der Waals surface area contributed by atoms with Gasteiger partial charge in [0.25, 0.3) is 0 Å². The number of aliphatic carboxylic acids is 1. The Morgan fingerprint density at radius 2 is 2.25 bits per heavy atom. The van der Waals surface area contributed by atoms with E-state index in [9.17, 15) is 9.59 Å². The molecule has 1 fully saturated rings. The highest BCUT2D eigenvalue weighted by Gasteiger charge is 2.25. The summed E-state index contributed by atoms with van der Waals surface area (Å²) in [5.41, 5.74) is 0.851. The van der Waals surface area contributed by atoms with Crippen LogP contribution in [0.4, 0.5) is 0 Å². The number of nitrogens with zero attached hydrogens (tertiary/aromatic N) is 1. The lowest BCUT2D eigenvalue weighted by Crippen LogP contribution is -2.46. The predicted octanol–water partition coefficient (Wildman–Crippen LogP) is 1.58. The third-order valence-corrected chi connectivity index (χ3v) is 3.37. The van der Waals surface area contributed by atoms with Gasteiger partial charge in [-0.25, -0.2) is 0 Å². The maximum Gasteiger partial charge on any atom is 0.306 e. The lowest BCUT2D eigenvalue weighted by atomic mass is 10.1. The minimum Gasteiger partial charge on any atom is -0.481 e. The highest BCUT2D eigenvalue weighted by molar-refractivity contribution is 6.30. The van der Waals surface area contributed by atoms with E-state index < -0.39 is 12.1 Å². The van der Waals surface area contributed by atoms with E-state index in [1.807, 2.05) is 6.07 Å². The molecular formula is C14H16ClNO4. The van der Waals surface area contributed by atoms with Gasteiger partial charge in [-0.1, -0.05) is 23.7 Å². The normalized spacial score (nSPS) is 18.9. The SMILES string of the molecule is O=C(O)CC1CN(C(=O)Cc2cccc(Cl)c2)CCO1. The topological polar surface area (TPSA) is 66.8 Å². The van der Waals surface area contributed by atoms with Crippen molar-refractivity contribution >= 4 is 23.5 Å². The van der Waals surface area contributed by atoms with Gasteiger partial charge in [0.2, 0.25) is 5.91 Å². The number of carboxylic acids is 1. The van der Waals surface area contributed by atoms with Gasteiger partial charge in [-0.15, -0.1) is 0 Å². The summed E-state index contributed by atoms with van der Waals surface area (Å²) in [6.45, 7) is 1.19. The monoisotopic (exact) mass is 297 g/mol. The zero-order valence-corrected chi connectivity index (χ0v) is 11.7. The van der Waals surface area contributed by atoms with Crippen LogP contribution in [-0.4, -0.2) is 47.7 Å². The Morgan fingerprint density at radius 1 is 1.45 bits per heavy atom. The number of ether oxygens (including phenoxy) is 1. The first-order valence-corrected chi connectivity index (χ1v) is 6.78. The van der Waals surface area contributed by atoms with Gasteiger partial charge < -0.3 is 14.7 Å². The molecule has 1 saturated heterocycles. The van der Waals surface area contributed by atoms with Gasteiger partial charge in [0.15, 0.2) is 0 Å². The molecule has 1 aliphatic heterocycles. The quantitative estimate of drug-likeness (QED) is 0.916. The van der Waals surface area contributed by atoms with Crippen molar-refractivity contribution in [3.63, 3.8) is 0 Å². The highest BCUT2D eigenvalue weighted by atomic mass is 35.5. The molecule has 0 bridgehead atoms. The van der Waals surface area contributed by atoms with Crippen molar-refractivity contribution < 1.29 is 19.4 Å². The van der Waals surface area contributed by atoms with Gasteiger partial charge in [-0.3, -0.25) is 9.59 Å². The number of halogens is 1. The number of morpholine rings is 1. The molecule has 1 aromatic carbocycles. The maximum absolute atomic E-state index is 12.2. The van der Waals surface area contributed by atoms with Gasteiger partial charge >= 0.3 is 5.97 Å². The average Bonchev–Trinajstić information content (AvgIpc) is 2.38. The molecule has 0 saturated carbocycles. The summed E-state index contributed by atoms with van der Waals surface area (Å²) in [5, 5.41) is 9.36. The Hall–Kier alpha value is -1.59. The first-order chi connectivity index (χ1) is 9.54. The minimum absolute atomic E-state index is 0.0362. The van der Waals surface area contributed by atoms with Crippen molar-refractivity contribution in [2.75, 3.05) is 19.7 Å². The second kappa shape index (κ2) is 6.72. The smallest absolute Gasteiger partial charge is 0.306 e. The van der Waals surface area contributed by atoms with Crippen molar-refractivity contribution in [3.8, 4) is 0 Å². The summed E-state index contributed by atoms with van der Waals surface area (Å²) in [6, 6.07) is 7.16. The Labute approximate surface area is 122 Å². The van der Waals surface area contributed by atoms with E-state index in [-0.39, 0.29) is 18.7 Å². The van der Waals surface area contributed by atoms with Crippen LogP contribution < -0.4 is 0 Å². The molecule has 6 heteroatoms. The number of hydrogen-bond donors (Lipinski definition) is 1. The average molecular weight is 298 g/mol. The number of carbonyl (C=O) groups is 2. The number of carboxylic acid groups (broad SMARTS) is 1. The number of hydrogen-bond acceptors (Lipinski definition) is 3. The van der Waals surface area contributed by atoms with Gasteiger partial charge in [0.1, 0.15) is 0 Å². The molecule has 2 rings (SSSR count). The van der Waals surface area contributed by atoms with E-state index in [1.165, 1.54) is 0 Å². The molecule has 0 aliphatic carbocycles. The van der Waals surface area contributed by atoms with Crippen LogP contribution in [0.2, 0.25) is 5.02 Å². The standard InChI is InChI=1S/C14H16ClNO4/c15-11-3-1-2-10(6-11)7-13(17)16-4-5-20-12(9-16)8-14(18)19/h1-3,6,12H,4-5,7-9H2,(H,18,19). The number of carbonyl (C=O) groups excluding carboxylic acids is 1. The van der Waals surface area contributed by atoms with Crippen LogP contribution in [0, 0.1) is 0 Å². The molecule has 108 valence electrons. The molecule has 1 unspecified atom stereocenters. The molecule has 1 atom stereocenters. The van der Waals surface area contributed by atoms with E-state index in [4.69, 9.17) is 21.4 Å². The van der Waals surface area contributed by atoms with Crippen molar-refractivity contribution in [1.82, 2.24) is 4.90 Å². The largest absolute Gasteiger partial charge is 0.481 e. The third-order valence-electron chi connectivity index (χ3n) is 3.14. The minimum atomic E-state index is -0.917. The van der Waals surface area contributed by atoms with Crippen LogP contribution in [-0.2, 0) is 20.7 Å². The summed E-state index contributed by atoms with van der Waals surface area (Å²) in [7, 11) is 0. The van der Waals surface area contributed by atoms with Gasteiger partial charge in [0, 0.05) is 18.1 Å². The molecule has 20 heavy (non-hydrogen) atoms. The third kappa shape index (κ3) is 4.21. The first-order valence-electron chi connectivity index (χ1n) is 6.40. The fourth-order valence-electron chi connectivity index (χ4n) is 2.20. The molecule has 5 nitrogen and oxygen atoms in total. The van der Waals surface area contributed by atoms with Crippen LogP contribution in [0.1, 0.15) is 12.0 Å². The summed E-state index contributed by atoms with van der Waals surface area (Å²) in [6.07, 6.45) is -0.244. The number of rotatable bonds is 4. The first kappa shape index (κ1) is 14.8. The molecule has 0 radical (unpaired) electrons. The van der Waals surface area contributed by atoms with E-state index in [0.29, 0.717) is 24.7 Å². The van der Waals surface area contributed by atoms with E-state index in [0.717, 1.165) is 5.56 Å². The van der Waals surface area contributed by atoms with Crippen LogP contribution in [0.25, 0.3) is 0 Å². The van der Waals surface area contributed by atoms with Crippen molar-refractivity contribution in [1.29, 1.82) is 0 Å². The van der Waals surface area contributed by atoms with E-state index >= 15 is 0 Å². The van der Waals surface area contributed by atoms with Crippen molar-refractivity contribution in [3.05, 3.63) is 34.9 Å². The lowest BCUT2D eigenvalue weighted by molar-refractivity contribution is -0.147. The van der Waals surface area contributed by atoms with Crippen LogP contribution in [0.3, 0.4) is 0 Å². The van der Waals surface area contributed by atoms with Crippen molar-refractivity contribution in [2.45, 2.75) is 18.9 Å². The maximum atomic E-state index is 12.2. The molecule has 1 aromatic rings. The summed E-state index contributed by atoms with van der Waals surface area (Å²) in [4.78, 5) is 24.5. The number of benzene rings is 1. The molecule has 1 heterocycles. The predicted molar refractivity (Wildman–Crippen MR) is 73.7 cm³/mol. The van der Waals surface area contributed by atoms with Gasteiger partial charge in [0.05, 0.1) is 25.6 Å². The molecule has 0 spiro atoms. The molecule has 1 aliphatic rings. The fourth-order valence-corrected chi connectivity index (χ4v) is 2.41. The Bertz CT molecular complexity index is 506. The zero-order valence-electron chi connectivity index (χ0n) is 10.9. The highest BCUT2D eigenvalue weighted by Crippen LogP contribution is 2.14. The lowest BCUT2D eigenvalue weighted by Gasteiger charge is -2.32. The Balaban J connectivity index is 1.93. The summed E-state index contributed by atoms with van der Waals surface area (Å²) in [5.74, 6) is -0.954. The van der Waals surface area contributed by atoms with Gasteiger partial charge in [-0.05, 0) is 17.7 Å². The van der Waals surface area contributed by atoms with Crippen LogP contribution in [0.5, 0.6) is 0 Å². The fraction of sp³-hybridized carbons (Fsp3) is 0.429. The molecule has 1 amide bonds. The Morgan fingerprint density at radius 3 is 2.95 bits per heavy atom. The van der Waals surface area contributed by atoms with Crippen molar-refractivity contribution in [2.24, 2.45) is 0 Å². The Kier molecular flexibility index (Phi) is 4.98. The van der Waals surface area contributed by atoms with Gasteiger partial charge in [-0.2, -0.15) is 0 Å². The molecule has 0 aromatic heterocycles. The molecule has 1 N–H and O–H groups in total. The number of amides is 1. The molecular weight excluding hydrogens is 282 g/mol. The second-order valence-electron chi connectivity index (χ2n) is 4.74. The summed E-state index contributed by atoms with van der Waals surface area (Å²) >= 11 is 5.88. The second-order valence-corrected chi connectivity index (χ2v) is 5.17. The zero-order chi connectivity index (χ0) is 14.5. The van der Waals surface area contributed by atoms with Crippen LogP contribution >= 0.6 is 11.6 Å². The van der Waals surface area contributed by atoms with Crippen LogP contribution in [0.15, 0.2) is 24.3 Å².